The van der Waals surface area contributed by atoms with E-state index in [1.54, 1.807) is 26.8 Å². The van der Waals surface area contributed by atoms with Gasteiger partial charge in [0, 0.05) is 11.1 Å². The molecular weight excluding hydrogens is 208 g/mol. The van der Waals surface area contributed by atoms with Gasteiger partial charge in [-0.3, -0.25) is 4.79 Å². The van der Waals surface area contributed by atoms with E-state index in [2.05, 4.69) is 0 Å². The number of aliphatic carboxylic acids is 1. The molecule has 0 aliphatic heterocycles. The van der Waals surface area contributed by atoms with Crippen molar-refractivity contribution in [3.05, 3.63) is 22.8 Å². The second kappa shape index (κ2) is 4.43. The van der Waals surface area contributed by atoms with Crippen molar-refractivity contribution in [3.8, 4) is 11.5 Å². The number of aromatic hydroxyl groups is 1. The molecule has 0 heterocycles. The summed E-state index contributed by atoms with van der Waals surface area (Å²) in [7, 11) is 1.52. The van der Waals surface area contributed by atoms with Crippen LogP contribution in [0.25, 0.3) is 0 Å². The lowest BCUT2D eigenvalue weighted by Gasteiger charge is -2.16. The van der Waals surface area contributed by atoms with E-state index < -0.39 is 11.9 Å². The van der Waals surface area contributed by atoms with Gasteiger partial charge in [0.15, 0.2) is 0 Å². The van der Waals surface area contributed by atoms with Gasteiger partial charge in [-0.05, 0) is 32.4 Å². The van der Waals surface area contributed by atoms with Crippen molar-refractivity contribution < 1.29 is 19.7 Å². The fourth-order valence-electron chi connectivity index (χ4n) is 1.77. The summed E-state index contributed by atoms with van der Waals surface area (Å²) in [6.07, 6.45) is 0. The van der Waals surface area contributed by atoms with E-state index in [1.165, 1.54) is 7.11 Å². The van der Waals surface area contributed by atoms with Crippen LogP contribution in [0.5, 0.6) is 11.5 Å². The molecule has 0 spiro atoms. The summed E-state index contributed by atoms with van der Waals surface area (Å²) < 4.78 is 5.09. The molecular formula is C12H16O4. The Hall–Kier alpha value is -1.71. The molecule has 4 nitrogen and oxygen atoms in total. The van der Waals surface area contributed by atoms with E-state index in [4.69, 9.17) is 9.84 Å². The van der Waals surface area contributed by atoms with Crippen LogP contribution in [0.15, 0.2) is 6.07 Å². The number of carbonyl (C=O) groups is 1. The fraction of sp³-hybridized carbons (Fsp3) is 0.417. The Morgan fingerprint density at radius 2 is 2.00 bits per heavy atom. The zero-order valence-electron chi connectivity index (χ0n) is 9.87. The molecule has 1 rings (SSSR count). The van der Waals surface area contributed by atoms with E-state index in [0.717, 1.165) is 5.56 Å². The number of benzene rings is 1. The van der Waals surface area contributed by atoms with Crippen LogP contribution in [0.1, 0.15) is 29.5 Å². The first-order chi connectivity index (χ1) is 7.40. The van der Waals surface area contributed by atoms with E-state index >= 15 is 0 Å². The van der Waals surface area contributed by atoms with Crippen molar-refractivity contribution in [2.75, 3.05) is 7.11 Å². The van der Waals surface area contributed by atoms with Gasteiger partial charge in [0.1, 0.15) is 11.5 Å². The van der Waals surface area contributed by atoms with Gasteiger partial charge in [-0.25, -0.2) is 0 Å². The van der Waals surface area contributed by atoms with E-state index in [0.29, 0.717) is 16.9 Å². The molecule has 0 bridgehead atoms. The van der Waals surface area contributed by atoms with E-state index in [9.17, 15) is 9.90 Å². The average Bonchev–Trinajstić information content (AvgIpc) is 2.23. The third-order valence-corrected chi connectivity index (χ3v) is 2.78. The number of hydrogen-bond acceptors (Lipinski definition) is 3. The molecule has 1 aromatic rings. The van der Waals surface area contributed by atoms with Crippen LogP contribution >= 0.6 is 0 Å². The molecule has 0 aromatic heterocycles. The van der Waals surface area contributed by atoms with Crippen LogP contribution in [0.4, 0.5) is 0 Å². The number of hydrogen-bond donors (Lipinski definition) is 2. The largest absolute Gasteiger partial charge is 0.507 e. The molecule has 2 N–H and O–H groups in total. The number of aryl methyl sites for hydroxylation is 1. The predicted molar refractivity (Wildman–Crippen MR) is 60.2 cm³/mol. The Labute approximate surface area is 94.5 Å². The van der Waals surface area contributed by atoms with Gasteiger partial charge in [-0.15, -0.1) is 0 Å². The van der Waals surface area contributed by atoms with Crippen LogP contribution in [-0.2, 0) is 4.79 Å². The Kier molecular flexibility index (Phi) is 3.42. The molecule has 4 heteroatoms. The molecule has 1 atom stereocenters. The Morgan fingerprint density at radius 3 is 2.44 bits per heavy atom. The molecule has 0 fully saturated rings. The van der Waals surface area contributed by atoms with Crippen molar-refractivity contribution in [2.45, 2.75) is 26.7 Å². The second-order valence-corrected chi connectivity index (χ2v) is 3.84. The summed E-state index contributed by atoms with van der Waals surface area (Å²) in [4.78, 5) is 10.9. The number of rotatable bonds is 3. The standard InChI is InChI=1S/C12H16O4/c1-6-5-9(16-4)7(2)11(13)10(6)8(3)12(14)15/h5,8,13H,1-4H3,(H,14,15). The second-order valence-electron chi connectivity index (χ2n) is 3.84. The number of phenolic OH excluding ortho intramolecular Hbond substituents is 1. The molecule has 16 heavy (non-hydrogen) atoms. The number of methoxy groups -OCH3 is 1. The highest BCUT2D eigenvalue weighted by molar-refractivity contribution is 5.78. The quantitative estimate of drug-likeness (QED) is 0.826. The summed E-state index contributed by atoms with van der Waals surface area (Å²) in [6.45, 7) is 5.01. The lowest BCUT2D eigenvalue weighted by molar-refractivity contribution is -0.138. The molecule has 0 aliphatic carbocycles. The molecule has 88 valence electrons. The van der Waals surface area contributed by atoms with Crippen molar-refractivity contribution in [3.63, 3.8) is 0 Å². The third-order valence-electron chi connectivity index (χ3n) is 2.78. The maximum atomic E-state index is 10.9. The van der Waals surface area contributed by atoms with Crippen LogP contribution < -0.4 is 4.74 Å². The van der Waals surface area contributed by atoms with Gasteiger partial charge in [-0.1, -0.05) is 0 Å². The minimum Gasteiger partial charge on any atom is -0.507 e. The van der Waals surface area contributed by atoms with Crippen LogP contribution in [0.3, 0.4) is 0 Å². The van der Waals surface area contributed by atoms with Crippen LogP contribution in [0.2, 0.25) is 0 Å². The van der Waals surface area contributed by atoms with Crippen molar-refractivity contribution in [1.82, 2.24) is 0 Å². The Balaban J connectivity index is 3.41. The zero-order valence-corrected chi connectivity index (χ0v) is 9.87. The van der Waals surface area contributed by atoms with Gasteiger partial charge in [0.2, 0.25) is 0 Å². The summed E-state index contributed by atoms with van der Waals surface area (Å²) >= 11 is 0. The number of carboxylic acid groups (broad SMARTS) is 1. The van der Waals surface area contributed by atoms with Crippen molar-refractivity contribution in [1.29, 1.82) is 0 Å². The summed E-state index contributed by atoms with van der Waals surface area (Å²) in [5.41, 5.74) is 1.73. The molecule has 0 saturated carbocycles. The van der Waals surface area contributed by atoms with Crippen LogP contribution in [0, 0.1) is 13.8 Å². The summed E-state index contributed by atoms with van der Waals surface area (Å²) in [6, 6.07) is 1.74. The lowest BCUT2D eigenvalue weighted by atomic mass is 9.93. The topological polar surface area (TPSA) is 66.8 Å². The summed E-state index contributed by atoms with van der Waals surface area (Å²) in [5, 5.41) is 18.9. The normalized spacial score (nSPS) is 12.2. The molecule has 0 amide bonds. The van der Waals surface area contributed by atoms with Crippen molar-refractivity contribution in [2.24, 2.45) is 0 Å². The average molecular weight is 224 g/mol. The van der Waals surface area contributed by atoms with Gasteiger partial charge < -0.3 is 14.9 Å². The van der Waals surface area contributed by atoms with Gasteiger partial charge >= 0.3 is 5.97 Å². The molecule has 0 radical (unpaired) electrons. The highest BCUT2D eigenvalue weighted by Gasteiger charge is 2.22. The SMILES string of the molecule is COc1cc(C)c(C(C)C(=O)O)c(O)c1C. The first-order valence-corrected chi connectivity index (χ1v) is 5.00. The lowest BCUT2D eigenvalue weighted by Crippen LogP contribution is -2.10. The van der Waals surface area contributed by atoms with Crippen LogP contribution in [-0.4, -0.2) is 23.3 Å². The highest BCUT2D eigenvalue weighted by atomic mass is 16.5. The zero-order chi connectivity index (χ0) is 12.5. The molecule has 1 unspecified atom stereocenters. The number of phenols is 1. The third kappa shape index (κ3) is 1.96. The van der Waals surface area contributed by atoms with Crippen molar-refractivity contribution >= 4 is 5.97 Å². The fourth-order valence-corrected chi connectivity index (χ4v) is 1.77. The highest BCUT2D eigenvalue weighted by Crippen LogP contribution is 2.37. The molecule has 1 aromatic carbocycles. The first kappa shape index (κ1) is 12.4. The number of carboxylic acids is 1. The molecule has 0 aliphatic rings. The monoisotopic (exact) mass is 224 g/mol. The minimum absolute atomic E-state index is 0.00625. The van der Waals surface area contributed by atoms with Gasteiger partial charge in [0.05, 0.1) is 13.0 Å². The van der Waals surface area contributed by atoms with E-state index in [-0.39, 0.29) is 5.75 Å². The Bertz CT molecular complexity index is 424. The maximum absolute atomic E-state index is 10.9. The maximum Gasteiger partial charge on any atom is 0.310 e. The van der Waals surface area contributed by atoms with Gasteiger partial charge in [0.25, 0.3) is 0 Å². The number of ether oxygens (including phenoxy) is 1. The predicted octanol–water partition coefficient (Wildman–Crippen LogP) is 2.21. The van der Waals surface area contributed by atoms with Gasteiger partial charge in [-0.2, -0.15) is 0 Å². The smallest absolute Gasteiger partial charge is 0.310 e. The van der Waals surface area contributed by atoms with E-state index in [1.807, 2.05) is 0 Å². The first-order valence-electron chi connectivity index (χ1n) is 5.00. The molecule has 0 saturated heterocycles. The Morgan fingerprint density at radius 1 is 1.44 bits per heavy atom. The minimum atomic E-state index is -0.956. The summed E-state index contributed by atoms with van der Waals surface area (Å²) in [5.74, 6) is -1.12.